The van der Waals surface area contributed by atoms with E-state index in [9.17, 15) is 0 Å². The molecule has 0 bridgehead atoms. The van der Waals surface area contributed by atoms with Crippen LogP contribution in [0.1, 0.15) is 23.9 Å². The van der Waals surface area contributed by atoms with Gasteiger partial charge in [-0.15, -0.1) is 0 Å². The largest absolute Gasteiger partial charge is 0.330 e. The second-order valence-corrected chi connectivity index (χ2v) is 8.06. The van der Waals surface area contributed by atoms with Crippen LogP contribution in [0.4, 0.5) is 0 Å². The molecule has 2 saturated heterocycles. The van der Waals surface area contributed by atoms with E-state index >= 15 is 0 Å². The summed E-state index contributed by atoms with van der Waals surface area (Å²) in [7, 11) is 2.11. The lowest BCUT2D eigenvalue weighted by molar-refractivity contribution is 0.144. The smallest absolute Gasteiger partial charge is 0.123 e. The Hall–Kier alpha value is -1.92. The van der Waals surface area contributed by atoms with Crippen molar-refractivity contribution in [3.8, 4) is 0 Å². The molecular formula is C21H24ClN5. The zero-order valence-electron chi connectivity index (χ0n) is 15.4. The number of para-hydroxylation sites is 2. The van der Waals surface area contributed by atoms with E-state index < -0.39 is 0 Å². The summed E-state index contributed by atoms with van der Waals surface area (Å²) in [6, 6.07) is 17.2. The van der Waals surface area contributed by atoms with E-state index in [0.717, 1.165) is 42.4 Å². The number of benzene rings is 2. The van der Waals surface area contributed by atoms with Crippen LogP contribution < -0.4 is 10.9 Å². The van der Waals surface area contributed by atoms with Crippen molar-refractivity contribution in [1.29, 1.82) is 0 Å². The van der Waals surface area contributed by atoms with Crippen LogP contribution in [0.5, 0.6) is 0 Å². The van der Waals surface area contributed by atoms with Crippen LogP contribution in [0.15, 0.2) is 48.5 Å². The molecule has 3 unspecified atom stereocenters. The zero-order chi connectivity index (χ0) is 18.4. The zero-order valence-corrected chi connectivity index (χ0v) is 16.2. The fraction of sp³-hybridized carbons (Fsp3) is 0.381. The molecule has 140 valence electrons. The highest BCUT2D eigenvalue weighted by Crippen LogP contribution is 2.36. The van der Waals surface area contributed by atoms with Crippen molar-refractivity contribution in [3.05, 3.63) is 64.9 Å². The lowest BCUT2D eigenvalue weighted by atomic mass is 9.85. The predicted octanol–water partition coefficient (Wildman–Crippen LogP) is 3.27. The molecule has 6 heteroatoms. The Labute approximate surface area is 164 Å². The van der Waals surface area contributed by atoms with Gasteiger partial charge in [0.05, 0.1) is 23.6 Å². The number of imidazole rings is 1. The number of piperidine rings is 1. The molecule has 3 aromatic rings. The van der Waals surface area contributed by atoms with Crippen molar-refractivity contribution in [2.45, 2.75) is 25.0 Å². The van der Waals surface area contributed by atoms with E-state index in [1.54, 1.807) is 0 Å². The molecule has 0 radical (unpaired) electrons. The molecule has 3 atom stereocenters. The van der Waals surface area contributed by atoms with Crippen LogP contribution in [0.3, 0.4) is 0 Å². The molecule has 2 fully saturated rings. The Morgan fingerprint density at radius 3 is 2.78 bits per heavy atom. The molecule has 2 aliphatic rings. The lowest BCUT2D eigenvalue weighted by Crippen LogP contribution is -2.45. The molecular weight excluding hydrogens is 358 g/mol. The molecule has 5 rings (SSSR count). The van der Waals surface area contributed by atoms with Crippen LogP contribution in [0, 0.1) is 5.92 Å². The summed E-state index contributed by atoms with van der Waals surface area (Å²) in [5.41, 5.74) is 10.4. The second kappa shape index (κ2) is 6.91. The third-order valence-electron chi connectivity index (χ3n) is 6.08. The van der Waals surface area contributed by atoms with Gasteiger partial charge in [-0.25, -0.2) is 10.4 Å². The van der Waals surface area contributed by atoms with Gasteiger partial charge in [-0.1, -0.05) is 41.9 Å². The number of nitrogens with zero attached hydrogens (tertiary/aromatic N) is 3. The first kappa shape index (κ1) is 17.2. The van der Waals surface area contributed by atoms with Gasteiger partial charge in [-0.3, -0.25) is 10.3 Å². The normalized spacial score (nSPS) is 25.8. The van der Waals surface area contributed by atoms with Crippen LogP contribution in [0.25, 0.3) is 11.0 Å². The SMILES string of the molecule is Cn1c(CN2CCC3NNC(c4ccccc4Cl)C3C2)nc2ccccc21. The minimum absolute atomic E-state index is 0.243. The Morgan fingerprint density at radius 1 is 1.11 bits per heavy atom. The number of aromatic nitrogens is 2. The fourth-order valence-corrected chi connectivity index (χ4v) is 4.84. The average molecular weight is 382 g/mol. The maximum atomic E-state index is 6.47. The Bertz CT molecular complexity index is 968. The molecule has 2 N–H and O–H groups in total. The highest BCUT2D eigenvalue weighted by atomic mass is 35.5. The summed E-state index contributed by atoms with van der Waals surface area (Å²) in [5, 5.41) is 0.838. The van der Waals surface area contributed by atoms with E-state index in [2.05, 4.69) is 63.8 Å². The Morgan fingerprint density at radius 2 is 1.93 bits per heavy atom. The number of hydrazine groups is 1. The van der Waals surface area contributed by atoms with E-state index in [-0.39, 0.29) is 6.04 Å². The number of hydrogen-bond donors (Lipinski definition) is 2. The number of rotatable bonds is 3. The minimum atomic E-state index is 0.243. The van der Waals surface area contributed by atoms with E-state index in [4.69, 9.17) is 16.6 Å². The van der Waals surface area contributed by atoms with Crippen LogP contribution in [-0.4, -0.2) is 33.6 Å². The van der Waals surface area contributed by atoms with E-state index in [0.29, 0.717) is 12.0 Å². The number of nitrogens with one attached hydrogen (secondary N) is 2. The molecule has 27 heavy (non-hydrogen) atoms. The minimum Gasteiger partial charge on any atom is -0.330 e. The topological polar surface area (TPSA) is 45.1 Å². The number of fused-ring (bicyclic) bond motifs is 2. The first-order chi connectivity index (χ1) is 13.2. The van der Waals surface area contributed by atoms with Crippen molar-refractivity contribution in [2.75, 3.05) is 13.1 Å². The Balaban J connectivity index is 1.37. The molecule has 0 aliphatic carbocycles. The molecule has 2 aliphatic heterocycles. The summed E-state index contributed by atoms with van der Waals surface area (Å²) >= 11 is 6.47. The lowest BCUT2D eigenvalue weighted by Gasteiger charge is -2.36. The Kier molecular flexibility index (Phi) is 4.40. The molecule has 1 aromatic heterocycles. The van der Waals surface area contributed by atoms with Gasteiger partial charge < -0.3 is 4.57 Å². The average Bonchev–Trinajstić information content (AvgIpc) is 3.24. The van der Waals surface area contributed by atoms with Gasteiger partial charge >= 0.3 is 0 Å². The van der Waals surface area contributed by atoms with E-state index in [1.807, 2.05) is 12.1 Å². The quantitative estimate of drug-likeness (QED) is 0.731. The molecule has 0 amide bonds. The first-order valence-corrected chi connectivity index (χ1v) is 9.96. The van der Waals surface area contributed by atoms with Crippen molar-refractivity contribution < 1.29 is 0 Å². The van der Waals surface area contributed by atoms with Crippen LogP contribution in [0.2, 0.25) is 5.02 Å². The summed E-state index contributed by atoms with van der Waals surface area (Å²) in [4.78, 5) is 7.38. The van der Waals surface area contributed by atoms with Crippen molar-refractivity contribution in [3.63, 3.8) is 0 Å². The maximum absolute atomic E-state index is 6.47. The number of hydrogen-bond acceptors (Lipinski definition) is 4. The summed E-state index contributed by atoms with van der Waals surface area (Å²) in [5.74, 6) is 1.62. The number of likely N-dealkylation sites (tertiary alicyclic amines) is 1. The summed E-state index contributed by atoms with van der Waals surface area (Å²) in [6.07, 6.45) is 1.13. The summed E-state index contributed by atoms with van der Waals surface area (Å²) in [6.45, 7) is 2.99. The highest BCUT2D eigenvalue weighted by molar-refractivity contribution is 6.31. The number of halogens is 1. The molecule has 0 saturated carbocycles. The highest BCUT2D eigenvalue weighted by Gasteiger charge is 2.41. The van der Waals surface area contributed by atoms with Crippen molar-refractivity contribution >= 4 is 22.6 Å². The fourth-order valence-electron chi connectivity index (χ4n) is 4.59. The third kappa shape index (κ3) is 3.05. The summed E-state index contributed by atoms with van der Waals surface area (Å²) < 4.78 is 2.22. The monoisotopic (exact) mass is 381 g/mol. The predicted molar refractivity (Wildman–Crippen MR) is 108 cm³/mol. The molecule has 5 nitrogen and oxygen atoms in total. The molecule has 0 spiro atoms. The number of aryl methyl sites for hydroxylation is 1. The van der Waals surface area contributed by atoms with E-state index in [1.165, 1.54) is 11.1 Å². The first-order valence-electron chi connectivity index (χ1n) is 9.59. The van der Waals surface area contributed by atoms with Crippen molar-refractivity contribution in [1.82, 2.24) is 25.3 Å². The molecule has 2 aromatic carbocycles. The van der Waals surface area contributed by atoms with Crippen LogP contribution in [-0.2, 0) is 13.6 Å². The maximum Gasteiger partial charge on any atom is 0.123 e. The van der Waals surface area contributed by atoms with Gasteiger partial charge in [0, 0.05) is 37.1 Å². The van der Waals surface area contributed by atoms with Gasteiger partial charge in [0.1, 0.15) is 5.82 Å². The van der Waals surface area contributed by atoms with Gasteiger partial charge in [-0.2, -0.15) is 0 Å². The van der Waals surface area contributed by atoms with Gasteiger partial charge in [-0.05, 0) is 30.2 Å². The standard InChI is InChI=1S/C21H24ClN5/c1-26-19-9-5-4-8-18(19)23-20(26)13-27-11-10-17-15(12-27)21(25-24-17)14-6-2-3-7-16(14)22/h2-9,15,17,21,24-25H,10-13H2,1H3. The van der Waals surface area contributed by atoms with Gasteiger partial charge in [0.15, 0.2) is 0 Å². The van der Waals surface area contributed by atoms with Gasteiger partial charge in [0.2, 0.25) is 0 Å². The second-order valence-electron chi connectivity index (χ2n) is 7.66. The van der Waals surface area contributed by atoms with Crippen LogP contribution >= 0.6 is 11.6 Å². The van der Waals surface area contributed by atoms with Crippen molar-refractivity contribution in [2.24, 2.45) is 13.0 Å². The molecule has 3 heterocycles. The third-order valence-corrected chi connectivity index (χ3v) is 6.42. The van der Waals surface area contributed by atoms with Gasteiger partial charge in [0.25, 0.3) is 0 Å².